The van der Waals surface area contributed by atoms with Crippen LogP contribution in [0.2, 0.25) is 0 Å². The van der Waals surface area contributed by atoms with Gasteiger partial charge in [-0.05, 0) is 24.3 Å². The number of hydrogen-bond donors (Lipinski definition) is 2. The summed E-state index contributed by atoms with van der Waals surface area (Å²) in [6, 6.07) is 7.75. The zero-order valence-electron chi connectivity index (χ0n) is 13.8. The van der Waals surface area contributed by atoms with Crippen molar-refractivity contribution in [2.45, 2.75) is 0 Å². The lowest BCUT2D eigenvalue weighted by atomic mass is 10.2. The van der Waals surface area contributed by atoms with E-state index >= 15 is 0 Å². The van der Waals surface area contributed by atoms with E-state index in [1.807, 2.05) is 0 Å². The van der Waals surface area contributed by atoms with E-state index < -0.39 is 17.5 Å². The van der Waals surface area contributed by atoms with E-state index in [4.69, 9.17) is 9.47 Å². The molecule has 26 heavy (non-hydrogen) atoms. The van der Waals surface area contributed by atoms with Gasteiger partial charge in [-0.3, -0.25) is 15.2 Å². The van der Waals surface area contributed by atoms with Crippen LogP contribution in [0.25, 0.3) is 11.4 Å². The molecule has 9 heteroatoms. The Balaban J connectivity index is 1.83. The first-order valence-corrected chi connectivity index (χ1v) is 7.43. The molecule has 0 unspecified atom stereocenters. The maximum Gasteiger partial charge on any atom is 0.261 e. The van der Waals surface area contributed by atoms with Gasteiger partial charge in [-0.25, -0.2) is 8.78 Å². The monoisotopic (exact) mass is 360 g/mol. The molecule has 0 radical (unpaired) electrons. The highest BCUT2D eigenvalue weighted by molar-refractivity contribution is 6.03. The van der Waals surface area contributed by atoms with Crippen LogP contribution in [0.4, 0.5) is 14.7 Å². The lowest BCUT2D eigenvalue weighted by molar-refractivity contribution is 0.102. The van der Waals surface area contributed by atoms with Gasteiger partial charge in [0.1, 0.15) is 23.1 Å². The van der Waals surface area contributed by atoms with Gasteiger partial charge in [0.25, 0.3) is 5.91 Å². The van der Waals surface area contributed by atoms with Gasteiger partial charge in [0.2, 0.25) is 5.95 Å². The lowest BCUT2D eigenvalue weighted by Gasteiger charge is -2.07. The lowest BCUT2D eigenvalue weighted by Crippen LogP contribution is -2.14. The quantitative estimate of drug-likeness (QED) is 0.730. The van der Waals surface area contributed by atoms with Crippen LogP contribution in [-0.4, -0.2) is 35.3 Å². The summed E-state index contributed by atoms with van der Waals surface area (Å²) in [6.07, 6.45) is 0. The molecule has 1 aromatic heterocycles. The number of rotatable bonds is 5. The van der Waals surface area contributed by atoms with Gasteiger partial charge in [-0.1, -0.05) is 0 Å². The number of hydrogen-bond acceptors (Lipinski definition) is 5. The molecule has 0 aliphatic rings. The van der Waals surface area contributed by atoms with Gasteiger partial charge in [0.05, 0.1) is 25.3 Å². The van der Waals surface area contributed by atoms with Crippen LogP contribution in [0.3, 0.4) is 0 Å². The zero-order valence-corrected chi connectivity index (χ0v) is 13.8. The smallest absolute Gasteiger partial charge is 0.261 e. The van der Waals surface area contributed by atoms with Crippen molar-refractivity contribution in [2.24, 2.45) is 0 Å². The summed E-state index contributed by atoms with van der Waals surface area (Å²) in [7, 11) is 3.03. The van der Waals surface area contributed by atoms with E-state index in [0.717, 1.165) is 12.1 Å². The fourth-order valence-corrected chi connectivity index (χ4v) is 2.27. The third-order valence-corrected chi connectivity index (χ3v) is 3.55. The number of amides is 1. The molecule has 134 valence electrons. The summed E-state index contributed by atoms with van der Waals surface area (Å²) in [5.74, 6) is -1.19. The molecule has 0 bridgehead atoms. The van der Waals surface area contributed by atoms with Crippen molar-refractivity contribution in [3.05, 3.63) is 53.6 Å². The number of nitrogens with one attached hydrogen (secondary N) is 2. The molecule has 3 rings (SSSR count). The van der Waals surface area contributed by atoms with Crippen molar-refractivity contribution < 1.29 is 23.0 Å². The topological polar surface area (TPSA) is 89.1 Å². The van der Waals surface area contributed by atoms with Crippen molar-refractivity contribution in [3.63, 3.8) is 0 Å². The number of carbonyl (C=O) groups excluding carboxylic acids is 1. The fourth-order valence-electron chi connectivity index (χ4n) is 2.27. The first-order valence-electron chi connectivity index (χ1n) is 7.43. The van der Waals surface area contributed by atoms with E-state index in [1.165, 1.54) is 14.2 Å². The Morgan fingerprint density at radius 2 is 1.92 bits per heavy atom. The molecule has 0 aliphatic carbocycles. The largest absolute Gasteiger partial charge is 0.497 e. The maximum atomic E-state index is 13.7. The number of halogens is 2. The highest BCUT2D eigenvalue weighted by Gasteiger charge is 2.16. The second-order valence-corrected chi connectivity index (χ2v) is 5.15. The van der Waals surface area contributed by atoms with Crippen LogP contribution in [0.5, 0.6) is 11.5 Å². The predicted molar refractivity (Wildman–Crippen MR) is 89.2 cm³/mol. The standard InChI is InChI=1S/C17H14F2N4O3/c1-25-10-4-6-12(14(8-10)26-2)15-20-17(23-22-15)21-16(24)11-5-3-9(18)7-13(11)19/h3-8H,1-2H3,(H2,20,21,22,23,24). The average molecular weight is 360 g/mol. The Hall–Kier alpha value is -3.49. The average Bonchev–Trinajstić information content (AvgIpc) is 3.09. The molecule has 2 aromatic carbocycles. The summed E-state index contributed by atoms with van der Waals surface area (Å²) in [5.41, 5.74) is 0.272. The molecule has 0 fully saturated rings. The van der Waals surface area contributed by atoms with E-state index in [1.54, 1.807) is 18.2 Å². The molecule has 7 nitrogen and oxygen atoms in total. The Kier molecular flexibility index (Phi) is 4.78. The molecule has 0 atom stereocenters. The highest BCUT2D eigenvalue weighted by atomic mass is 19.1. The number of H-pyrrole nitrogens is 1. The van der Waals surface area contributed by atoms with E-state index in [2.05, 4.69) is 20.5 Å². The Morgan fingerprint density at radius 1 is 1.12 bits per heavy atom. The highest BCUT2D eigenvalue weighted by Crippen LogP contribution is 2.31. The second kappa shape index (κ2) is 7.18. The van der Waals surface area contributed by atoms with Crippen molar-refractivity contribution in [3.8, 4) is 22.9 Å². The Bertz CT molecular complexity index is 959. The first-order chi connectivity index (χ1) is 12.5. The molecule has 0 saturated carbocycles. The van der Waals surface area contributed by atoms with Crippen molar-refractivity contribution in [2.75, 3.05) is 19.5 Å². The van der Waals surface area contributed by atoms with Gasteiger partial charge in [0, 0.05) is 12.1 Å². The maximum absolute atomic E-state index is 13.7. The molecule has 3 aromatic rings. The molecule has 1 heterocycles. The van der Waals surface area contributed by atoms with Crippen LogP contribution >= 0.6 is 0 Å². The van der Waals surface area contributed by atoms with Gasteiger partial charge >= 0.3 is 0 Å². The van der Waals surface area contributed by atoms with Gasteiger partial charge in [0.15, 0.2) is 5.82 Å². The Labute approximate surface area is 147 Å². The minimum atomic E-state index is -0.977. The van der Waals surface area contributed by atoms with E-state index in [0.29, 0.717) is 29.0 Å². The molecule has 2 N–H and O–H groups in total. The number of benzene rings is 2. The number of ether oxygens (including phenoxy) is 2. The molecule has 0 saturated heterocycles. The fraction of sp³-hybridized carbons (Fsp3) is 0.118. The van der Waals surface area contributed by atoms with E-state index in [-0.39, 0.29) is 11.5 Å². The number of aromatic amines is 1. The summed E-state index contributed by atoms with van der Waals surface area (Å²) >= 11 is 0. The molecular formula is C17H14F2N4O3. The van der Waals surface area contributed by atoms with Crippen LogP contribution in [-0.2, 0) is 0 Å². The third-order valence-electron chi connectivity index (χ3n) is 3.55. The molecule has 1 amide bonds. The van der Waals surface area contributed by atoms with Crippen LogP contribution < -0.4 is 14.8 Å². The zero-order chi connectivity index (χ0) is 18.7. The SMILES string of the molecule is COc1ccc(-c2nc(NC(=O)c3ccc(F)cc3F)n[nH]2)c(OC)c1. The Morgan fingerprint density at radius 3 is 2.62 bits per heavy atom. The summed E-state index contributed by atoms with van der Waals surface area (Å²) in [5, 5.41) is 8.88. The first kappa shape index (κ1) is 17.3. The third kappa shape index (κ3) is 3.46. The minimum Gasteiger partial charge on any atom is -0.497 e. The molecular weight excluding hydrogens is 346 g/mol. The van der Waals surface area contributed by atoms with Gasteiger partial charge < -0.3 is 9.47 Å². The summed E-state index contributed by atoms with van der Waals surface area (Å²) in [4.78, 5) is 16.2. The van der Waals surface area contributed by atoms with Crippen molar-refractivity contribution in [1.82, 2.24) is 15.2 Å². The normalized spacial score (nSPS) is 10.5. The van der Waals surface area contributed by atoms with Crippen LogP contribution in [0.15, 0.2) is 36.4 Å². The number of carbonyl (C=O) groups is 1. The summed E-state index contributed by atoms with van der Waals surface area (Å²) in [6.45, 7) is 0. The van der Waals surface area contributed by atoms with Crippen LogP contribution in [0, 0.1) is 11.6 Å². The van der Waals surface area contributed by atoms with Crippen LogP contribution in [0.1, 0.15) is 10.4 Å². The number of nitrogens with zero attached hydrogens (tertiary/aromatic N) is 2. The number of aromatic nitrogens is 3. The molecule has 0 spiro atoms. The predicted octanol–water partition coefficient (Wildman–Crippen LogP) is 3.02. The number of methoxy groups -OCH3 is 2. The molecule has 0 aliphatic heterocycles. The van der Waals surface area contributed by atoms with Gasteiger partial charge in [-0.15, -0.1) is 5.10 Å². The van der Waals surface area contributed by atoms with Crippen molar-refractivity contribution >= 4 is 11.9 Å². The van der Waals surface area contributed by atoms with E-state index in [9.17, 15) is 13.6 Å². The minimum absolute atomic E-state index is 0.0633. The number of anilines is 1. The van der Waals surface area contributed by atoms with Gasteiger partial charge in [-0.2, -0.15) is 4.98 Å². The summed E-state index contributed by atoms with van der Waals surface area (Å²) < 4.78 is 37.0. The second-order valence-electron chi connectivity index (χ2n) is 5.15. The van der Waals surface area contributed by atoms with Crippen molar-refractivity contribution in [1.29, 1.82) is 0 Å².